The molecule has 2 aromatic rings. The molecule has 2 rings (SSSR count). The third-order valence-corrected chi connectivity index (χ3v) is 2.59. The Labute approximate surface area is 95.1 Å². The highest BCUT2D eigenvalue weighted by Crippen LogP contribution is 2.17. The van der Waals surface area contributed by atoms with Gasteiger partial charge in [-0.15, -0.1) is 5.10 Å². The van der Waals surface area contributed by atoms with Gasteiger partial charge in [0.15, 0.2) is 5.82 Å². The number of nitrogens with zero attached hydrogens (tertiary/aromatic N) is 3. The van der Waals surface area contributed by atoms with E-state index < -0.39 is 0 Å². The van der Waals surface area contributed by atoms with Crippen LogP contribution in [-0.4, -0.2) is 14.8 Å². The van der Waals surface area contributed by atoms with Gasteiger partial charge in [-0.3, -0.25) is 0 Å². The Morgan fingerprint density at radius 3 is 2.69 bits per heavy atom. The van der Waals surface area contributed by atoms with Crippen LogP contribution in [0.5, 0.6) is 0 Å². The molecule has 1 aromatic heterocycles. The maximum atomic E-state index is 5.86. The van der Waals surface area contributed by atoms with Gasteiger partial charge in [0.05, 0.1) is 5.69 Å². The topological polar surface area (TPSA) is 56.7 Å². The second-order valence-electron chi connectivity index (χ2n) is 3.94. The van der Waals surface area contributed by atoms with Crippen molar-refractivity contribution in [1.29, 1.82) is 0 Å². The van der Waals surface area contributed by atoms with Crippen molar-refractivity contribution in [3.05, 3.63) is 35.2 Å². The van der Waals surface area contributed by atoms with Crippen LogP contribution in [0.4, 0.5) is 5.95 Å². The van der Waals surface area contributed by atoms with E-state index in [0.29, 0.717) is 5.95 Å². The lowest BCUT2D eigenvalue weighted by atomic mass is 10.1. The lowest BCUT2D eigenvalue weighted by Gasteiger charge is -2.07. The van der Waals surface area contributed by atoms with E-state index in [1.807, 2.05) is 13.8 Å². The molecule has 0 aliphatic heterocycles. The maximum absolute atomic E-state index is 5.86. The lowest BCUT2D eigenvalue weighted by Crippen LogP contribution is -2.04. The second kappa shape index (κ2) is 3.96. The molecule has 0 radical (unpaired) electrons. The van der Waals surface area contributed by atoms with Gasteiger partial charge >= 0.3 is 0 Å². The first-order valence-corrected chi connectivity index (χ1v) is 5.41. The molecule has 0 spiro atoms. The normalized spacial score (nSPS) is 10.7. The van der Waals surface area contributed by atoms with Crippen molar-refractivity contribution in [2.24, 2.45) is 0 Å². The van der Waals surface area contributed by atoms with E-state index in [0.717, 1.165) is 23.5 Å². The van der Waals surface area contributed by atoms with Crippen molar-refractivity contribution in [3.63, 3.8) is 0 Å². The van der Waals surface area contributed by atoms with Crippen molar-refractivity contribution in [2.45, 2.75) is 27.2 Å². The Morgan fingerprint density at radius 2 is 2.06 bits per heavy atom. The number of rotatable bonds is 2. The second-order valence-corrected chi connectivity index (χ2v) is 3.94. The van der Waals surface area contributed by atoms with Crippen LogP contribution in [0, 0.1) is 13.8 Å². The molecule has 0 saturated heterocycles. The summed E-state index contributed by atoms with van der Waals surface area (Å²) in [6.07, 6.45) is 0.794. The SMILES string of the molecule is CCc1nc(N)n(-c2cc(C)ccc2C)n1. The van der Waals surface area contributed by atoms with Crippen molar-refractivity contribution >= 4 is 5.95 Å². The largest absolute Gasteiger partial charge is 0.368 e. The molecule has 0 saturated carbocycles. The summed E-state index contributed by atoms with van der Waals surface area (Å²) in [5.41, 5.74) is 9.19. The molecule has 0 aliphatic carbocycles. The average molecular weight is 216 g/mol. The van der Waals surface area contributed by atoms with Gasteiger partial charge in [-0.25, -0.2) is 0 Å². The van der Waals surface area contributed by atoms with E-state index in [2.05, 4.69) is 35.2 Å². The van der Waals surface area contributed by atoms with Crippen LogP contribution in [0.15, 0.2) is 18.2 Å². The number of hydrogen-bond acceptors (Lipinski definition) is 3. The van der Waals surface area contributed by atoms with Gasteiger partial charge in [0.25, 0.3) is 0 Å². The van der Waals surface area contributed by atoms with E-state index in [9.17, 15) is 0 Å². The van der Waals surface area contributed by atoms with Crippen LogP contribution >= 0.6 is 0 Å². The fourth-order valence-electron chi connectivity index (χ4n) is 1.64. The molecular weight excluding hydrogens is 200 g/mol. The van der Waals surface area contributed by atoms with E-state index >= 15 is 0 Å². The van der Waals surface area contributed by atoms with Crippen LogP contribution in [0.1, 0.15) is 23.9 Å². The zero-order chi connectivity index (χ0) is 11.7. The third-order valence-electron chi connectivity index (χ3n) is 2.59. The molecule has 0 aliphatic rings. The van der Waals surface area contributed by atoms with Gasteiger partial charge in [0.2, 0.25) is 5.95 Å². The van der Waals surface area contributed by atoms with Crippen LogP contribution in [0.3, 0.4) is 0 Å². The first-order chi connectivity index (χ1) is 7.61. The summed E-state index contributed by atoms with van der Waals surface area (Å²) in [5.74, 6) is 1.23. The summed E-state index contributed by atoms with van der Waals surface area (Å²) in [5, 5.41) is 4.38. The zero-order valence-electron chi connectivity index (χ0n) is 9.86. The minimum atomic E-state index is 0.450. The number of anilines is 1. The van der Waals surface area contributed by atoms with Crippen molar-refractivity contribution in [1.82, 2.24) is 14.8 Å². The standard InChI is InChI=1S/C12H16N4/c1-4-11-14-12(13)16(15-11)10-7-8(2)5-6-9(10)3/h5-7H,4H2,1-3H3,(H2,13,14,15). The Kier molecular flexibility index (Phi) is 2.64. The summed E-state index contributed by atoms with van der Waals surface area (Å²) in [6, 6.07) is 6.21. The van der Waals surface area contributed by atoms with Crippen LogP contribution < -0.4 is 5.73 Å². The van der Waals surface area contributed by atoms with E-state index in [4.69, 9.17) is 5.73 Å². The van der Waals surface area contributed by atoms with Crippen molar-refractivity contribution in [3.8, 4) is 5.69 Å². The molecular formula is C12H16N4. The molecule has 4 heteroatoms. The molecule has 16 heavy (non-hydrogen) atoms. The molecule has 0 amide bonds. The summed E-state index contributed by atoms with van der Waals surface area (Å²) in [4.78, 5) is 4.21. The Morgan fingerprint density at radius 1 is 1.31 bits per heavy atom. The number of benzene rings is 1. The Balaban J connectivity index is 2.57. The Hall–Kier alpha value is -1.84. The summed E-state index contributed by atoms with van der Waals surface area (Å²) in [6.45, 7) is 6.11. The molecule has 84 valence electrons. The van der Waals surface area contributed by atoms with E-state index in [1.165, 1.54) is 5.56 Å². The van der Waals surface area contributed by atoms with Crippen molar-refractivity contribution in [2.75, 3.05) is 5.73 Å². The minimum absolute atomic E-state index is 0.450. The molecule has 0 atom stereocenters. The van der Waals surface area contributed by atoms with Gasteiger partial charge in [-0.05, 0) is 31.0 Å². The highest BCUT2D eigenvalue weighted by atomic mass is 15.4. The maximum Gasteiger partial charge on any atom is 0.223 e. The van der Waals surface area contributed by atoms with Gasteiger partial charge < -0.3 is 5.73 Å². The highest BCUT2D eigenvalue weighted by molar-refractivity contribution is 5.45. The molecule has 4 nitrogen and oxygen atoms in total. The smallest absolute Gasteiger partial charge is 0.223 e. The minimum Gasteiger partial charge on any atom is -0.368 e. The summed E-state index contributed by atoms with van der Waals surface area (Å²) < 4.78 is 1.71. The number of aromatic nitrogens is 3. The van der Waals surface area contributed by atoms with E-state index in [-0.39, 0.29) is 0 Å². The molecule has 1 heterocycles. The average Bonchev–Trinajstić information content (AvgIpc) is 2.63. The van der Waals surface area contributed by atoms with Crippen LogP contribution in [0.25, 0.3) is 5.69 Å². The third kappa shape index (κ3) is 1.78. The lowest BCUT2D eigenvalue weighted by molar-refractivity contribution is 0.839. The molecule has 0 bridgehead atoms. The number of nitrogen functional groups attached to an aromatic ring is 1. The van der Waals surface area contributed by atoms with Gasteiger partial charge in [0, 0.05) is 6.42 Å². The van der Waals surface area contributed by atoms with E-state index in [1.54, 1.807) is 4.68 Å². The predicted molar refractivity (Wildman–Crippen MR) is 64.6 cm³/mol. The van der Waals surface area contributed by atoms with Gasteiger partial charge in [-0.2, -0.15) is 9.67 Å². The molecule has 1 aromatic carbocycles. The fraction of sp³-hybridized carbons (Fsp3) is 0.333. The van der Waals surface area contributed by atoms with Crippen molar-refractivity contribution < 1.29 is 0 Å². The number of hydrogen-bond donors (Lipinski definition) is 1. The first kappa shape index (κ1) is 10.7. The fourth-order valence-corrected chi connectivity index (χ4v) is 1.64. The first-order valence-electron chi connectivity index (χ1n) is 5.41. The molecule has 0 fully saturated rings. The Bertz CT molecular complexity index is 514. The van der Waals surface area contributed by atoms with Crippen LogP contribution in [-0.2, 0) is 6.42 Å². The quantitative estimate of drug-likeness (QED) is 0.835. The molecule has 2 N–H and O–H groups in total. The van der Waals surface area contributed by atoms with Crippen LogP contribution in [0.2, 0.25) is 0 Å². The van der Waals surface area contributed by atoms with Gasteiger partial charge in [0.1, 0.15) is 0 Å². The number of nitrogens with two attached hydrogens (primary N) is 1. The predicted octanol–water partition coefficient (Wildman–Crippen LogP) is 2.03. The number of aryl methyl sites for hydroxylation is 3. The van der Waals surface area contributed by atoms with Gasteiger partial charge in [-0.1, -0.05) is 19.1 Å². The highest BCUT2D eigenvalue weighted by Gasteiger charge is 2.09. The molecule has 0 unspecified atom stereocenters. The summed E-state index contributed by atoms with van der Waals surface area (Å²) in [7, 11) is 0. The monoisotopic (exact) mass is 216 g/mol. The zero-order valence-corrected chi connectivity index (χ0v) is 9.86. The summed E-state index contributed by atoms with van der Waals surface area (Å²) >= 11 is 0.